The molecule has 0 unspecified atom stereocenters. The van der Waals surface area contributed by atoms with Gasteiger partial charge in [-0.15, -0.1) is 0 Å². The Balaban J connectivity index is 3.04. The number of aromatic carboxylic acids is 1. The number of benzene rings is 1. The Morgan fingerprint density at radius 3 is 2.58 bits per heavy atom. The number of hydrogen-bond donors (Lipinski definition) is 2. The van der Waals surface area contributed by atoms with Crippen molar-refractivity contribution in [1.29, 1.82) is 0 Å². The summed E-state index contributed by atoms with van der Waals surface area (Å²) < 4.78 is 35.1. The SMILES string of the molecule is COCCS(=O)(=O)Nc1ccc(OC)cc1C(=O)O. The minimum atomic E-state index is -3.65. The number of ether oxygens (including phenoxy) is 2. The van der Waals surface area contributed by atoms with E-state index >= 15 is 0 Å². The quantitative estimate of drug-likeness (QED) is 0.769. The average molecular weight is 289 g/mol. The molecular formula is C11H15NO6S. The molecule has 2 N–H and O–H groups in total. The number of carboxylic acids is 1. The van der Waals surface area contributed by atoms with Crippen molar-refractivity contribution in [3.8, 4) is 5.75 Å². The molecule has 0 aliphatic rings. The third-order valence-corrected chi connectivity index (χ3v) is 3.51. The molecule has 0 amide bonds. The highest BCUT2D eigenvalue weighted by Crippen LogP contribution is 2.23. The zero-order chi connectivity index (χ0) is 14.5. The molecule has 1 rings (SSSR count). The highest BCUT2D eigenvalue weighted by molar-refractivity contribution is 7.92. The van der Waals surface area contributed by atoms with E-state index in [0.717, 1.165) is 0 Å². The molecule has 106 valence electrons. The molecule has 0 spiro atoms. The van der Waals surface area contributed by atoms with Crippen LogP contribution in [0.15, 0.2) is 18.2 Å². The molecule has 19 heavy (non-hydrogen) atoms. The summed E-state index contributed by atoms with van der Waals surface area (Å²) in [4.78, 5) is 11.1. The fourth-order valence-corrected chi connectivity index (χ4v) is 2.33. The summed E-state index contributed by atoms with van der Waals surface area (Å²) in [7, 11) is -0.879. The molecule has 0 bridgehead atoms. The third-order valence-electron chi connectivity index (χ3n) is 2.28. The fraction of sp³-hybridized carbons (Fsp3) is 0.364. The van der Waals surface area contributed by atoms with Crippen LogP contribution in [-0.2, 0) is 14.8 Å². The van der Waals surface area contributed by atoms with Crippen LogP contribution in [0.25, 0.3) is 0 Å². The largest absolute Gasteiger partial charge is 0.497 e. The predicted molar refractivity (Wildman–Crippen MR) is 69.2 cm³/mol. The van der Waals surface area contributed by atoms with Crippen molar-refractivity contribution in [2.75, 3.05) is 31.3 Å². The van der Waals surface area contributed by atoms with Gasteiger partial charge in [0.2, 0.25) is 10.0 Å². The monoisotopic (exact) mass is 289 g/mol. The summed E-state index contributed by atoms with van der Waals surface area (Å²) >= 11 is 0. The third kappa shape index (κ3) is 4.42. The number of methoxy groups -OCH3 is 2. The Hall–Kier alpha value is -1.80. The van der Waals surface area contributed by atoms with E-state index in [-0.39, 0.29) is 23.6 Å². The Kier molecular flexibility index (Phi) is 5.13. The van der Waals surface area contributed by atoms with Gasteiger partial charge in [0, 0.05) is 7.11 Å². The maximum atomic E-state index is 11.7. The van der Waals surface area contributed by atoms with Gasteiger partial charge >= 0.3 is 5.97 Å². The van der Waals surface area contributed by atoms with Gasteiger partial charge < -0.3 is 14.6 Å². The first-order valence-electron chi connectivity index (χ1n) is 5.30. The van der Waals surface area contributed by atoms with E-state index in [2.05, 4.69) is 9.46 Å². The highest BCUT2D eigenvalue weighted by atomic mass is 32.2. The van der Waals surface area contributed by atoms with Gasteiger partial charge in [0.15, 0.2) is 0 Å². The zero-order valence-corrected chi connectivity index (χ0v) is 11.4. The summed E-state index contributed by atoms with van der Waals surface area (Å²) in [5, 5.41) is 9.04. The van der Waals surface area contributed by atoms with E-state index in [4.69, 9.17) is 9.84 Å². The molecule has 0 aliphatic carbocycles. The summed E-state index contributed by atoms with van der Waals surface area (Å²) in [5.41, 5.74) is -0.190. The fourth-order valence-electron chi connectivity index (χ4n) is 1.33. The normalized spacial score (nSPS) is 11.1. The molecular weight excluding hydrogens is 274 g/mol. The maximum Gasteiger partial charge on any atom is 0.337 e. The molecule has 0 aliphatic heterocycles. The molecule has 0 saturated heterocycles. The molecule has 0 aromatic heterocycles. The van der Waals surface area contributed by atoms with Crippen LogP contribution in [0.3, 0.4) is 0 Å². The lowest BCUT2D eigenvalue weighted by Crippen LogP contribution is -2.21. The summed E-state index contributed by atoms with van der Waals surface area (Å²) in [6.45, 7) is 0.0217. The Morgan fingerprint density at radius 1 is 1.37 bits per heavy atom. The number of hydrogen-bond acceptors (Lipinski definition) is 5. The lowest BCUT2D eigenvalue weighted by atomic mass is 10.2. The summed E-state index contributed by atoms with van der Waals surface area (Å²) in [6.07, 6.45) is 0. The number of sulfonamides is 1. The number of carboxylic acid groups (broad SMARTS) is 1. The second-order valence-electron chi connectivity index (χ2n) is 3.63. The standard InChI is InChI=1S/C11H15NO6S/c1-17-5-6-19(15,16)12-10-4-3-8(18-2)7-9(10)11(13)14/h3-4,7,12H,5-6H2,1-2H3,(H,13,14). The lowest BCUT2D eigenvalue weighted by molar-refractivity contribution is 0.0697. The van der Waals surface area contributed by atoms with E-state index in [1.807, 2.05) is 0 Å². The minimum absolute atomic E-state index is 0.00981. The molecule has 1 aromatic rings. The van der Waals surface area contributed by atoms with Gasteiger partial charge in [-0.2, -0.15) is 0 Å². The van der Waals surface area contributed by atoms with E-state index in [9.17, 15) is 13.2 Å². The number of nitrogens with one attached hydrogen (secondary N) is 1. The van der Waals surface area contributed by atoms with E-state index in [0.29, 0.717) is 5.75 Å². The highest BCUT2D eigenvalue weighted by Gasteiger charge is 2.17. The van der Waals surface area contributed by atoms with Gasteiger partial charge in [0.1, 0.15) is 5.75 Å². The Labute approximate surface area is 111 Å². The first-order valence-corrected chi connectivity index (χ1v) is 6.95. The van der Waals surface area contributed by atoms with Gasteiger partial charge in [-0.1, -0.05) is 0 Å². The first-order chi connectivity index (χ1) is 8.89. The number of rotatable bonds is 7. The van der Waals surface area contributed by atoms with Gasteiger partial charge in [0.25, 0.3) is 0 Å². The van der Waals surface area contributed by atoms with Crippen molar-refractivity contribution in [2.24, 2.45) is 0 Å². The molecule has 7 nitrogen and oxygen atoms in total. The van der Waals surface area contributed by atoms with Crippen LogP contribution in [0.1, 0.15) is 10.4 Å². The van der Waals surface area contributed by atoms with Crippen LogP contribution < -0.4 is 9.46 Å². The first kappa shape index (κ1) is 15.3. The molecule has 0 atom stereocenters. The number of anilines is 1. The topological polar surface area (TPSA) is 102 Å². The molecule has 0 saturated carbocycles. The molecule has 0 fully saturated rings. The van der Waals surface area contributed by atoms with Gasteiger partial charge in [-0.25, -0.2) is 13.2 Å². The van der Waals surface area contributed by atoms with Crippen molar-refractivity contribution < 1.29 is 27.8 Å². The Bertz CT molecular complexity index is 554. The van der Waals surface area contributed by atoms with Crippen LogP contribution in [-0.4, -0.2) is 46.1 Å². The van der Waals surface area contributed by atoms with Gasteiger partial charge in [-0.3, -0.25) is 4.72 Å². The van der Waals surface area contributed by atoms with Crippen LogP contribution in [0.5, 0.6) is 5.75 Å². The maximum absolute atomic E-state index is 11.7. The van der Waals surface area contributed by atoms with Gasteiger partial charge in [-0.05, 0) is 18.2 Å². The van der Waals surface area contributed by atoms with Crippen molar-refractivity contribution in [1.82, 2.24) is 0 Å². The minimum Gasteiger partial charge on any atom is -0.497 e. The van der Waals surface area contributed by atoms with Crippen LogP contribution in [0, 0.1) is 0 Å². The second-order valence-corrected chi connectivity index (χ2v) is 5.47. The van der Waals surface area contributed by atoms with Crippen LogP contribution in [0.2, 0.25) is 0 Å². The van der Waals surface area contributed by atoms with Crippen molar-refractivity contribution in [3.63, 3.8) is 0 Å². The summed E-state index contributed by atoms with van der Waals surface area (Å²) in [5.74, 6) is -1.17. The summed E-state index contributed by atoms with van der Waals surface area (Å²) in [6, 6.07) is 4.06. The van der Waals surface area contributed by atoms with Gasteiger partial charge in [0.05, 0.1) is 30.7 Å². The van der Waals surface area contributed by atoms with Crippen molar-refractivity contribution in [2.45, 2.75) is 0 Å². The second kappa shape index (κ2) is 6.39. The smallest absolute Gasteiger partial charge is 0.337 e. The van der Waals surface area contributed by atoms with E-state index in [1.165, 1.54) is 32.4 Å². The van der Waals surface area contributed by atoms with E-state index < -0.39 is 16.0 Å². The van der Waals surface area contributed by atoms with E-state index in [1.54, 1.807) is 0 Å². The Morgan fingerprint density at radius 2 is 2.05 bits per heavy atom. The predicted octanol–water partition coefficient (Wildman–Crippen LogP) is 0.781. The van der Waals surface area contributed by atoms with Crippen LogP contribution in [0.4, 0.5) is 5.69 Å². The average Bonchev–Trinajstić information content (AvgIpc) is 2.36. The number of carbonyl (C=O) groups is 1. The van der Waals surface area contributed by atoms with Crippen molar-refractivity contribution >= 4 is 21.7 Å². The molecule has 0 heterocycles. The van der Waals surface area contributed by atoms with Crippen molar-refractivity contribution in [3.05, 3.63) is 23.8 Å². The van der Waals surface area contributed by atoms with Crippen LogP contribution >= 0.6 is 0 Å². The molecule has 8 heteroatoms. The lowest BCUT2D eigenvalue weighted by Gasteiger charge is -2.11. The molecule has 0 radical (unpaired) electrons. The molecule has 1 aromatic carbocycles. The zero-order valence-electron chi connectivity index (χ0n) is 10.5.